The Morgan fingerprint density at radius 1 is 1.19 bits per heavy atom. The smallest absolute Gasteiger partial charge is 0.337 e. The fraction of sp³-hybridized carbons (Fsp3) is 0.100. The van der Waals surface area contributed by atoms with Crippen LogP contribution < -0.4 is 10.6 Å². The lowest BCUT2D eigenvalue weighted by molar-refractivity contribution is -0.106. The molecule has 0 aliphatic heterocycles. The largest absolute Gasteiger partial charge is 0.465 e. The van der Waals surface area contributed by atoms with Gasteiger partial charge in [0.1, 0.15) is 0 Å². The van der Waals surface area contributed by atoms with Crippen LogP contribution in [-0.4, -0.2) is 25.9 Å². The second-order valence-electron chi connectivity index (χ2n) is 2.78. The fourth-order valence-corrected chi connectivity index (χ4v) is 1.16. The lowest BCUT2D eigenvalue weighted by Gasteiger charge is -2.08. The highest BCUT2D eigenvalue weighted by Gasteiger charge is 2.09. The summed E-state index contributed by atoms with van der Waals surface area (Å²) in [5, 5.41) is 4.76. The van der Waals surface area contributed by atoms with Gasteiger partial charge in [-0.3, -0.25) is 9.59 Å². The number of rotatable bonds is 5. The van der Waals surface area contributed by atoms with Crippen LogP contribution in [0.25, 0.3) is 0 Å². The Hall–Kier alpha value is -2.37. The maximum absolute atomic E-state index is 11.2. The molecule has 0 bridgehead atoms. The zero-order chi connectivity index (χ0) is 12.0. The van der Waals surface area contributed by atoms with Gasteiger partial charge in [0.25, 0.3) is 0 Å². The molecule has 1 aromatic carbocycles. The molecule has 0 aliphatic carbocycles. The first-order valence-electron chi connectivity index (χ1n) is 4.35. The summed E-state index contributed by atoms with van der Waals surface area (Å²) >= 11 is 0. The zero-order valence-corrected chi connectivity index (χ0v) is 8.52. The van der Waals surface area contributed by atoms with Crippen molar-refractivity contribution in [3.8, 4) is 0 Å². The highest BCUT2D eigenvalue weighted by Crippen LogP contribution is 2.22. The van der Waals surface area contributed by atoms with Crippen LogP contribution in [0, 0.1) is 0 Å². The molecule has 2 amide bonds. The van der Waals surface area contributed by atoms with Crippen molar-refractivity contribution in [1.29, 1.82) is 0 Å². The standard InChI is InChI=1S/C10H10N2O4/c1-16-10(15)7-2-3-8(11-5-13)9(4-7)12-6-14/h2-6H,1H3,(H,11,13)(H,12,14). The van der Waals surface area contributed by atoms with E-state index in [1.165, 1.54) is 25.3 Å². The fourth-order valence-electron chi connectivity index (χ4n) is 1.16. The third kappa shape index (κ3) is 2.57. The normalized spacial score (nSPS) is 9.06. The second-order valence-corrected chi connectivity index (χ2v) is 2.78. The average Bonchev–Trinajstić information content (AvgIpc) is 2.31. The van der Waals surface area contributed by atoms with Crippen molar-refractivity contribution in [3.05, 3.63) is 23.8 Å². The molecule has 16 heavy (non-hydrogen) atoms. The number of benzene rings is 1. The molecule has 1 aromatic rings. The molecular formula is C10H10N2O4. The molecule has 0 saturated heterocycles. The number of hydrogen-bond donors (Lipinski definition) is 2. The maximum Gasteiger partial charge on any atom is 0.337 e. The minimum Gasteiger partial charge on any atom is -0.465 e. The number of carbonyl (C=O) groups excluding carboxylic acids is 3. The molecular weight excluding hydrogens is 212 g/mol. The third-order valence-electron chi connectivity index (χ3n) is 1.87. The van der Waals surface area contributed by atoms with Crippen LogP contribution in [0.4, 0.5) is 11.4 Å². The molecule has 0 radical (unpaired) electrons. The van der Waals surface area contributed by atoms with Gasteiger partial charge < -0.3 is 15.4 Å². The topological polar surface area (TPSA) is 84.5 Å². The van der Waals surface area contributed by atoms with Crippen molar-refractivity contribution in [1.82, 2.24) is 0 Å². The van der Waals surface area contributed by atoms with Crippen molar-refractivity contribution >= 4 is 30.2 Å². The molecule has 0 fully saturated rings. The number of carbonyl (C=O) groups is 3. The summed E-state index contributed by atoms with van der Waals surface area (Å²) in [6.45, 7) is 0. The van der Waals surface area contributed by atoms with E-state index in [-0.39, 0.29) is 5.56 Å². The van der Waals surface area contributed by atoms with Crippen molar-refractivity contribution in [3.63, 3.8) is 0 Å². The molecule has 1 rings (SSSR count). The summed E-state index contributed by atoms with van der Waals surface area (Å²) in [4.78, 5) is 31.8. The predicted molar refractivity (Wildman–Crippen MR) is 57.2 cm³/mol. The summed E-state index contributed by atoms with van der Waals surface area (Å²) < 4.78 is 4.52. The van der Waals surface area contributed by atoms with Crippen LogP contribution in [0.15, 0.2) is 18.2 Å². The molecule has 0 aromatic heterocycles. The van der Waals surface area contributed by atoms with Gasteiger partial charge in [-0.25, -0.2) is 4.79 Å². The Bertz CT molecular complexity index is 417. The number of amides is 2. The maximum atomic E-state index is 11.2. The Morgan fingerprint density at radius 2 is 1.81 bits per heavy atom. The van der Waals surface area contributed by atoms with Crippen LogP contribution in [0.1, 0.15) is 10.4 Å². The van der Waals surface area contributed by atoms with Crippen molar-refractivity contribution in [2.45, 2.75) is 0 Å². The number of hydrogen-bond acceptors (Lipinski definition) is 4. The first-order valence-corrected chi connectivity index (χ1v) is 4.35. The molecule has 0 unspecified atom stereocenters. The SMILES string of the molecule is COC(=O)c1ccc(NC=O)c(NC=O)c1. The molecule has 6 nitrogen and oxygen atoms in total. The Morgan fingerprint density at radius 3 is 2.38 bits per heavy atom. The van der Waals surface area contributed by atoms with Gasteiger partial charge in [-0.15, -0.1) is 0 Å². The second kappa shape index (κ2) is 5.50. The summed E-state index contributed by atoms with van der Waals surface area (Å²) in [7, 11) is 1.26. The van der Waals surface area contributed by atoms with Crippen LogP contribution in [0.5, 0.6) is 0 Å². The Balaban J connectivity index is 3.10. The summed E-state index contributed by atoms with van der Waals surface area (Å²) in [5.74, 6) is -0.522. The van der Waals surface area contributed by atoms with E-state index in [0.29, 0.717) is 24.2 Å². The van der Waals surface area contributed by atoms with E-state index in [9.17, 15) is 14.4 Å². The number of esters is 1. The first-order chi connectivity index (χ1) is 7.72. The summed E-state index contributed by atoms with van der Waals surface area (Å²) in [6, 6.07) is 4.38. The molecule has 0 heterocycles. The van der Waals surface area contributed by atoms with E-state index in [2.05, 4.69) is 15.4 Å². The van der Waals surface area contributed by atoms with Gasteiger partial charge in [0.15, 0.2) is 0 Å². The molecule has 0 aliphatic rings. The summed E-state index contributed by atoms with van der Waals surface area (Å²) in [5.41, 5.74) is 1.00. The molecule has 6 heteroatoms. The minimum absolute atomic E-state index is 0.281. The quantitative estimate of drug-likeness (QED) is 0.564. The van der Waals surface area contributed by atoms with E-state index < -0.39 is 5.97 Å². The van der Waals surface area contributed by atoms with Gasteiger partial charge in [0.05, 0.1) is 24.0 Å². The number of nitrogens with one attached hydrogen (secondary N) is 2. The Kier molecular flexibility index (Phi) is 4.02. The van der Waals surface area contributed by atoms with Gasteiger partial charge in [-0.05, 0) is 18.2 Å². The van der Waals surface area contributed by atoms with Crippen molar-refractivity contribution in [2.75, 3.05) is 17.7 Å². The van der Waals surface area contributed by atoms with Gasteiger partial charge >= 0.3 is 5.97 Å². The monoisotopic (exact) mass is 222 g/mol. The lowest BCUT2D eigenvalue weighted by atomic mass is 10.1. The number of anilines is 2. The predicted octanol–water partition coefficient (Wildman–Crippen LogP) is 0.610. The van der Waals surface area contributed by atoms with E-state index in [4.69, 9.17) is 0 Å². The highest BCUT2D eigenvalue weighted by molar-refractivity contribution is 5.95. The van der Waals surface area contributed by atoms with Crippen LogP contribution in [-0.2, 0) is 14.3 Å². The zero-order valence-electron chi connectivity index (χ0n) is 8.52. The molecule has 0 atom stereocenters. The van der Waals surface area contributed by atoms with E-state index in [1.54, 1.807) is 0 Å². The van der Waals surface area contributed by atoms with Gasteiger partial charge in [0.2, 0.25) is 12.8 Å². The van der Waals surface area contributed by atoms with Gasteiger partial charge in [-0.2, -0.15) is 0 Å². The number of methoxy groups -OCH3 is 1. The van der Waals surface area contributed by atoms with Crippen molar-refractivity contribution in [2.24, 2.45) is 0 Å². The van der Waals surface area contributed by atoms with Crippen LogP contribution in [0.2, 0.25) is 0 Å². The molecule has 2 N–H and O–H groups in total. The molecule has 0 saturated carbocycles. The van der Waals surface area contributed by atoms with Gasteiger partial charge in [0, 0.05) is 0 Å². The van der Waals surface area contributed by atoms with Crippen LogP contribution >= 0.6 is 0 Å². The first kappa shape index (κ1) is 11.7. The number of ether oxygens (including phenoxy) is 1. The highest BCUT2D eigenvalue weighted by atomic mass is 16.5. The van der Waals surface area contributed by atoms with Crippen LogP contribution in [0.3, 0.4) is 0 Å². The van der Waals surface area contributed by atoms with E-state index in [1.807, 2.05) is 0 Å². The van der Waals surface area contributed by atoms with Gasteiger partial charge in [-0.1, -0.05) is 0 Å². The lowest BCUT2D eigenvalue weighted by Crippen LogP contribution is -2.06. The minimum atomic E-state index is -0.522. The average molecular weight is 222 g/mol. The summed E-state index contributed by atoms with van der Waals surface area (Å²) in [6.07, 6.45) is 0.926. The Labute approximate surface area is 91.6 Å². The van der Waals surface area contributed by atoms with Crippen molar-refractivity contribution < 1.29 is 19.1 Å². The van der Waals surface area contributed by atoms with E-state index in [0.717, 1.165) is 0 Å². The molecule has 84 valence electrons. The van der Waals surface area contributed by atoms with E-state index >= 15 is 0 Å². The molecule has 0 spiro atoms. The third-order valence-corrected chi connectivity index (χ3v) is 1.87.